The SMILES string of the molecule is CSCC[C@H](N)C(=O)N(C)CC(=O)N(C)C1CCCCC1. The molecule has 1 aliphatic carbocycles. The summed E-state index contributed by atoms with van der Waals surface area (Å²) in [6, 6.07) is -0.171. The van der Waals surface area contributed by atoms with Crippen molar-refractivity contribution >= 4 is 23.6 Å². The van der Waals surface area contributed by atoms with Gasteiger partial charge in [0.15, 0.2) is 0 Å². The number of hydrogen-bond acceptors (Lipinski definition) is 4. The van der Waals surface area contributed by atoms with E-state index in [1.54, 1.807) is 18.8 Å². The number of amides is 2. The zero-order chi connectivity index (χ0) is 15.8. The molecular formula is C15H29N3O2S. The third kappa shape index (κ3) is 5.87. The van der Waals surface area contributed by atoms with E-state index in [0.717, 1.165) is 18.6 Å². The molecule has 0 bridgehead atoms. The number of likely N-dealkylation sites (N-methyl/N-ethyl adjacent to an activating group) is 2. The molecule has 1 saturated carbocycles. The molecule has 0 aromatic carbocycles. The third-order valence-corrected chi connectivity index (χ3v) is 4.86. The first-order valence-electron chi connectivity index (χ1n) is 7.72. The van der Waals surface area contributed by atoms with Crippen molar-refractivity contribution in [2.45, 2.75) is 50.6 Å². The molecule has 0 aliphatic heterocycles. The van der Waals surface area contributed by atoms with Crippen molar-refractivity contribution in [1.82, 2.24) is 9.80 Å². The Morgan fingerprint density at radius 1 is 1.24 bits per heavy atom. The van der Waals surface area contributed by atoms with E-state index in [1.807, 2.05) is 18.2 Å². The van der Waals surface area contributed by atoms with Crippen molar-refractivity contribution in [2.24, 2.45) is 5.73 Å². The fourth-order valence-electron chi connectivity index (χ4n) is 2.72. The van der Waals surface area contributed by atoms with E-state index in [9.17, 15) is 9.59 Å². The minimum atomic E-state index is -0.504. The van der Waals surface area contributed by atoms with Crippen LogP contribution < -0.4 is 5.73 Å². The largest absolute Gasteiger partial charge is 0.341 e. The summed E-state index contributed by atoms with van der Waals surface area (Å²) in [5, 5.41) is 0. The van der Waals surface area contributed by atoms with E-state index in [2.05, 4.69) is 0 Å². The summed E-state index contributed by atoms with van der Waals surface area (Å²) in [6.07, 6.45) is 8.44. The zero-order valence-corrected chi connectivity index (χ0v) is 14.3. The van der Waals surface area contributed by atoms with E-state index >= 15 is 0 Å². The van der Waals surface area contributed by atoms with Gasteiger partial charge in [-0.05, 0) is 31.3 Å². The van der Waals surface area contributed by atoms with Crippen LogP contribution in [0.5, 0.6) is 0 Å². The summed E-state index contributed by atoms with van der Waals surface area (Å²) < 4.78 is 0. The van der Waals surface area contributed by atoms with Crippen LogP contribution in [0.4, 0.5) is 0 Å². The Kier molecular flexibility index (Phi) is 8.11. The molecule has 1 aliphatic rings. The van der Waals surface area contributed by atoms with Crippen LogP contribution >= 0.6 is 11.8 Å². The Bertz CT molecular complexity index is 346. The highest BCUT2D eigenvalue weighted by atomic mass is 32.2. The molecular weight excluding hydrogens is 286 g/mol. The van der Waals surface area contributed by atoms with Crippen molar-refractivity contribution in [3.05, 3.63) is 0 Å². The zero-order valence-electron chi connectivity index (χ0n) is 13.5. The van der Waals surface area contributed by atoms with Crippen LogP contribution in [0.3, 0.4) is 0 Å². The van der Waals surface area contributed by atoms with E-state index in [1.165, 1.54) is 24.2 Å². The van der Waals surface area contributed by atoms with Gasteiger partial charge in [-0.3, -0.25) is 9.59 Å². The molecule has 0 heterocycles. The van der Waals surface area contributed by atoms with Gasteiger partial charge in [-0.2, -0.15) is 11.8 Å². The van der Waals surface area contributed by atoms with E-state index in [4.69, 9.17) is 5.73 Å². The van der Waals surface area contributed by atoms with Crippen LogP contribution in [0.25, 0.3) is 0 Å². The number of hydrogen-bond donors (Lipinski definition) is 1. The first-order valence-corrected chi connectivity index (χ1v) is 9.12. The molecule has 5 nitrogen and oxygen atoms in total. The van der Waals surface area contributed by atoms with Crippen molar-refractivity contribution in [3.8, 4) is 0 Å². The summed E-state index contributed by atoms with van der Waals surface area (Å²) in [5.41, 5.74) is 5.87. The minimum Gasteiger partial charge on any atom is -0.341 e. The lowest BCUT2D eigenvalue weighted by Crippen LogP contribution is -2.48. The fourth-order valence-corrected chi connectivity index (χ4v) is 3.21. The highest BCUT2D eigenvalue weighted by molar-refractivity contribution is 7.98. The fraction of sp³-hybridized carbons (Fsp3) is 0.867. The van der Waals surface area contributed by atoms with Gasteiger partial charge < -0.3 is 15.5 Å². The Labute approximate surface area is 132 Å². The first kappa shape index (κ1) is 18.3. The smallest absolute Gasteiger partial charge is 0.242 e. The highest BCUT2D eigenvalue weighted by Crippen LogP contribution is 2.21. The number of rotatable bonds is 7. The summed E-state index contributed by atoms with van der Waals surface area (Å²) in [4.78, 5) is 27.7. The van der Waals surface area contributed by atoms with E-state index in [0.29, 0.717) is 12.5 Å². The van der Waals surface area contributed by atoms with Crippen molar-refractivity contribution in [1.29, 1.82) is 0 Å². The molecule has 0 radical (unpaired) electrons. The molecule has 0 aromatic heterocycles. The molecule has 1 fully saturated rings. The topological polar surface area (TPSA) is 66.6 Å². The normalized spacial score (nSPS) is 17.3. The van der Waals surface area contributed by atoms with Gasteiger partial charge in [0.05, 0.1) is 12.6 Å². The Morgan fingerprint density at radius 3 is 2.43 bits per heavy atom. The number of nitrogens with zero attached hydrogens (tertiary/aromatic N) is 2. The van der Waals surface area contributed by atoms with Gasteiger partial charge in [-0.1, -0.05) is 19.3 Å². The number of thioether (sulfide) groups is 1. The van der Waals surface area contributed by atoms with Gasteiger partial charge in [0.2, 0.25) is 11.8 Å². The van der Waals surface area contributed by atoms with Crippen molar-refractivity contribution in [3.63, 3.8) is 0 Å². The average molecular weight is 315 g/mol. The molecule has 0 unspecified atom stereocenters. The van der Waals surface area contributed by atoms with Gasteiger partial charge >= 0.3 is 0 Å². The lowest BCUT2D eigenvalue weighted by Gasteiger charge is -2.32. The molecule has 1 atom stereocenters. The highest BCUT2D eigenvalue weighted by Gasteiger charge is 2.25. The van der Waals surface area contributed by atoms with Gasteiger partial charge in [0, 0.05) is 20.1 Å². The number of nitrogens with two attached hydrogens (primary N) is 1. The monoisotopic (exact) mass is 315 g/mol. The van der Waals surface area contributed by atoms with Gasteiger partial charge in [0.1, 0.15) is 0 Å². The van der Waals surface area contributed by atoms with Crippen LogP contribution in [0.2, 0.25) is 0 Å². The van der Waals surface area contributed by atoms with Crippen molar-refractivity contribution in [2.75, 3.05) is 32.6 Å². The lowest BCUT2D eigenvalue weighted by atomic mass is 9.94. The summed E-state index contributed by atoms with van der Waals surface area (Å²) >= 11 is 1.67. The molecule has 2 amide bonds. The second-order valence-corrected chi connectivity index (χ2v) is 6.86. The minimum absolute atomic E-state index is 0.00909. The summed E-state index contributed by atoms with van der Waals surface area (Å²) in [5.74, 6) is 0.723. The van der Waals surface area contributed by atoms with Crippen LogP contribution in [-0.4, -0.2) is 66.3 Å². The van der Waals surface area contributed by atoms with Crippen LogP contribution in [0.1, 0.15) is 38.5 Å². The molecule has 1 rings (SSSR count). The maximum Gasteiger partial charge on any atom is 0.242 e. The molecule has 2 N–H and O–H groups in total. The second-order valence-electron chi connectivity index (χ2n) is 5.88. The quantitative estimate of drug-likeness (QED) is 0.769. The van der Waals surface area contributed by atoms with Gasteiger partial charge in [0.25, 0.3) is 0 Å². The van der Waals surface area contributed by atoms with E-state index < -0.39 is 6.04 Å². The molecule has 0 spiro atoms. The van der Waals surface area contributed by atoms with Crippen LogP contribution in [0.15, 0.2) is 0 Å². The van der Waals surface area contributed by atoms with Crippen LogP contribution in [0, 0.1) is 0 Å². The van der Waals surface area contributed by atoms with E-state index in [-0.39, 0.29) is 18.4 Å². The Morgan fingerprint density at radius 2 is 1.86 bits per heavy atom. The number of carbonyl (C=O) groups is 2. The molecule has 0 saturated heterocycles. The van der Waals surface area contributed by atoms with Crippen molar-refractivity contribution < 1.29 is 9.59 Å². The predicted molar refractivity (Wildman–Crippen MR) is 88.3 cm³/mol. The number of carbonyl (C=O) groups excluding carboxylic acids is 2. The molecule has 122 valence electrons. The second kappa shape index (κ2) is 9.30. The maximum atomic E-state index is 12.3. The van der Waals surface area contributed by atoms with Crippen LogP contribution in [-0.2, 0) is 9.59 Å². The summed E-state index contributed by atoms with van der Waals surface area (Å²) in [6.45, 7) is 0.124. The average Bonchev–Trinajstić information content (AvgIpc) is 2.51. The Hall–Kier alpha value is -0.750. The van der Waals surface area contributed by atoms with Gasteiger partial charge in [-0.15, -0.1) is 0 Å². The standard InChI is InChI=1S/C15H29N3O2S/c1-17(15(20)13(16)9-10-21-3)11-14(19)18(2)12-7-5-4-6-8-12/h12-13H,4-11,16H2,1-3H3/t13-/m0/s1. The lowest BCUT2D eigenvalue weighted by molar-refractivity contribution is -0.140. The summed E-state index contributed by atoms with van der Waals surface area (Å²) in [7, 11) is 3.51. The molecule has 0 aromatic rings. The third-order valence-electron chi connectivity index (χ3n) is 4.21. The molecule has 6 heteroatoms. The maximum absolute atomic E-state index is 12.3. The Balaban J connectivity index is 2.43. The predicted octanol–water partition coefficient (Wildman–Crippen LogP) is 1.32. The first-order chi connectivity index (χ1) is 9.97. The van der Waals surface area contributed by atoms with Gasteiger partial charge in [-0.25, -0.2) is 0 Å². The molecule has 21 heavy (non-hydrogen) atoms.